The zero-order valence-electron chi connectivity index (χ0n) is 17.9. The van der Waals surface area contributed by atoms with Crippen LogP contribution in [-0.4, -0.2) is 38.5 Å². The molecule has 0 saturated heterocycles. The molecule has 6 nitrogen and oxygen atoms in total. The average Bonchev–Trinajstić information content (AvgIpc) is 3.15. The third-order valence-corrected chi connectivity index (χ3v) is 6.31. The van der Waals surface area contributed by atoms with Crippen molar-refractivity contribution in [3.8, 4) is 16.9 Å². The fourth-order valence-corrected chi connectivity index (χ4v) is 4.65. The Kier molecular flexibility index (Phi) is 4.72. The number of carbonyl (C=O) groups excluding carboxylic acids is 1. The van der Waals surface area contributed by atoms with Gasteiger partial charge in [-0.15, -0.1) is 0 Å². The minimum absolute atomic E-state index is 0.0966. The third-order valence-electron chi connectivity index (χ3n) is 6.31. The molecule has 0 amide bonds. The van der Waals surface area contributed by atoms with Gasteiger partial charge in [-0.1, -0.05) is 25.3 Å². The molecule has 5 rings (SSSR count). The fraction of sp³-hybridized carbons (Fsp3) is 0.458. The molecule has 31 heavy (non-hydrogen) atoms. The van der Waals surface area contributed by atoms with E-state index in [0.717, 1.165) is 35.8 Å². The first-order valence-electron chi connectivity index (χ1n) is 11.0. The molecule has 2 aromatic heterocycles. The number of nitrogens with one attached hydrogen (secondary N) is 2. The topological polar surface area (TPSA) is 79.9 Å². The normalized spacial score (nSPS) is 19.6. The summed E-state index contributed by atoms with van der Waals surface area (Å²) < 4.78 is 20.9. The Balaban J connectivity index is 1.40. The Morgan fingerprint density at radius 1 is 1.19 bits per heavy atom. The lowest BCUT2D eigenvalue weighted by Gasteiger charge is -2.31. The number of anilines is 1. The summed E-state index contributed by atoms with van der Waals surface area (Å²) in [5.41, 5.74) is 1.46. The van der Waals surface area contributed by atoms with Crippen molar-refractivity contribution in [3.63, 3.8) is 0 Å². The number of H-pyrrole nitrogens is 1. The molecule has 1 aliphatic carbocycles. The molecule has 0 atom stereocenters. The molecule has 7 heteroatoms. The summed E-state index contributed by atoms with van der Waals surface area (Å²) in [5, 5.41) is 3.94. The molecule has 2 N–H and O–H groups in total. The Labute approximate surface area is 180 Å². The molecule has 0 bridgehead atoms. The molecular weight excluding hydrogens is 395 g/mol. The fourth-order valence-electron chi connectivity index (χ4n) is 4.65. The van der Waals surface area contributed by atoms with Gasteiger partial charge in [0.25, 0.3) is 0 Å². The van der Waals surface area contributed by atoms with E-state index >= 15 is 0 Å². The van der Waals surface area contributed by atoms with Crippen molar-refractivity contribution in [1.29, 1.82) is 0 Å². The first-order chi connectivity index (χ1) is 14.8. The summed E-state index contributed by atoms with van der Waals surface area (Å²) in [6.45, 7) is 4.07. The molecule has 2 aliphatic rings. The summed E-state index contributed by atoms with van der Waals surface area (Å²) in [7, 11) is 0. The smallest absolute Gasteiger partial charge is 0.224 e. The largest absolute Gasteiger partial charge is 0.487 e. The van der Waals surface area contributed by atoms with Crippen LogP contribution in [0.25, 0.3) is 22.2 Å². The van der Waals surface area contributed by atoms with Crippen LogP contribution in [0.1, 0.15) is 62.7 Å². The molecule has 3 aromatic rings. The number of fused-ring (bicyclic) bond motifs is 2. The Morgan fingerprint density at radius 3 is 2.81 bits per heavy atom. The van der Waals surface area contributed by atoms with Crippen LogP contribution >= 0.6 is 0 Å². The van der Waals surface area contributed by atoms with Crippen LogP contribution < -0.4 is 10.1 Å². The van der Waals surface area contributed by atoms with Gasteiger partial charge in [-0.05, 0) is 44.4 Å². The Hall–Kier alpha value is -2.96. The maximum Gasteiger partial charge on any atom is 0.224 e. The molecule has 1 fully saturated rings. The second-order valence-electron chi connectivity index (χ2n) is 9.40. The van der Waals surface area contributed by atoms with Gasteiger partial charge in [-0.25, -0.2) is 9.37 Å². The van der Waals surface area contributed by atoms with E-state index in [1.54, 1.807) is 6.20 Å². The molecule has 1 aliphatic heterocycles. The predicted octanol–water partition coefficient (Wildman–Crippen LogP) is 5.45. The van der Waals surface area contributed by atoms with E-state index in [1.165, 1.54) is 0 Å². The number of alkyl halides is 1. The van der Waals surface area contributed by atoms with Crippen molar-refractivity contribution < 1.29 is 13.9 Å². The van der Waals surface area contributed by atoms with Crippen molar-refractivity contribution in [2.45, 2.75) is 63.6 Å². The highest BCUT2D eigenvalue weighted by atomic mass is 19.1. The number of nitrogens with zero attached hydrogens (tertiary/aromatic N) is 2. The maximum absolute atomic E-state index is 14.9. The van der Waals surface area contributed by atoms with Gasteiger partial charge < -0.3 is 15.0 Å². The zero-order chi connectivity index (χ0) is 21.6. The van der Waals surface area contributed by atoms with Gasteiger partial charge in [-0.3, -0.25) is 4.79 Å². The maximum atomic E-state index is 14.9. The molecule has 0 unspecified atom stereocenters. The van der Waals surface area contributed by atoms with Gasteiger partial charge in [0.15, 0.2) is 5.78 Å². The highest BCUT2D eigenvalue weighted by Gasteiger charge is 2.33. The second kappa shape index (κ2) is 7.32. The monoisotopic (exact) mass is 422 g/mol. The molecular formula is C24H27FN4O2. The third kappa shape index (κ3) is 3.89. The molecule has 1 aromatic carbocycles. The van der Waals surface area contributed by atoms with E-state index in [9.17, 15) is 9.18 Å². The van der Waals surface area contributed by atoms with E-state index < -0.39 is 11.3 Å². The average molecular weight is 423 g/mol. The van der Waals surface area contributed by atoms with Gasteiger partial charge in [0, 0.05) is 23.3 Å². The van der Waals surface area contributed by atoms with Crippen molar-refractivity contribution in [3.05, 3.63) is 36.2 Å². The predicted molar refractivity (Wildman–Crippen MR) is 118 cm³/mol. The number of hydrogen-bond donors (Lipinski definition) is 2. The zero-order valence-corrected chi connectivity index (χ0v) is 17.9. The quantitative estimate of drug-likeness (QED) is 0.584. The van der Waals surface area contributed by atoms with E-state index in [2.05, 4.69) is 20.3 Å². The second-order valence-corrected chi connectivity index (χ2v) is 9.40. The number of Topliss-reactive ketones (excluding diaryl/α,β-unsaturated/α-hetero) is 1. The molecule has 162 valence electrons. The van der Waals surface area contributed by atoms with E-state index in [4.69, 9.17) is 4.74 Å². The Morgan fingerprint density at radius 2 is 2.00 bits per heavy atom. The number of aromatic amines is 1. The number of carbonyl (C=O) groups is 1. The minimum Gasteiger partial charge on any atom is -0.487 e. The number of ketones is 1. The first kappa shape index (κ1) is 20.0. The molecule has 0 radical (unpaired) electrons. The number of benzene rings is 1. The van der Waals surface area contributed by atoms with Crippen LogP contribution in [0.2, 0.25) is 0 Å². The van der Waals surface area contributed by atoms with Gasteiger partial charge in [0.05, 0.1) is 18.5 Å². The number of halogens is 1. The van der Waals surface area contributed by atoms with Crippen molar-refractivity contribution in [2.75, 3.05) is 11.9 Å². The highest BCUT2D eigenvalue weighted by molar-refractivity contribution is 6.02. The van der Waals surface area contributed by atoms with Crippen LogP contribution in [0.4, 0.5) is 10.3 Å². The minimum atomic E-state index is -1.17. The number of aromatic nitrogens is 3. The molecule has 1 saturated carbocycles. The summed E-state index contributed by atoms with van der Waals surface area (Å²) >= 11 is 0. The summed E-state index contributed by atoms with van der Waals surface area (Å²) in [4.78, 5) is 24.5. The summed E-state index contributed by atoms with van der Waals surface area (Å²) in [6.07, 6.45) is 8.16. The van der Waals surface area contributed by atoms with Crippen molar-refractivity contribution >= 4 is 22.8 Å². The molecule has 3 heterocycles. The van der Waals surface area contributed by atoms with Crippen LogP contribution in [0.15, 0.2) is 30.6 Å². The van der Waals surface area contributed by atoms with Crippen molar-refractivity contribution in [2.24, 2.45) is 0 Å². The van der Waals surface area contributed by atoms with Crippen LogP contribution in [0, 0.1) is 0 Å². The van der Waals surface area contributed by atoms with E-state index in [-0.39, 0.29) is 12.3 Å². The SMILES string of the molecule is CC1(C)CC(=O)c2ccc(-c3c[nH]c4nc(NCC5(F)CCCCC5)ncc34)cc2O1. The van der Waals surface area contributed by atoms with Gasteiger partial charge in [0.2, 0.25) is 5.95 Å². The lowest BCUT2D eigenvalue weighted by Crippen LogP contribution is -2.35. The van der Waals surface area contributed by atoms with Crippen LogP contribution in [-0.2, 0) is 0 Å². The van der Waals surface area contributed by atoms with Crippen molar-refractivity contribution in [1.82, 2.24) is 15.0 Å². The van der Waals surface area contributed by atoms with Crippen LogP contribution in [0.5, 0.6) is 5.75 Å². The lowest BCUT2D eigenvalue weighted by atomic mass is 9.86. The molecule has 0 spiro atoms. The Bertz CT molecular complexity index is 1150. The summed E-state index contributed by atoms with van der Waals surface area (Å²) in [5.74, 6) is 1.12. The summed E-state index contributed by atoms with van der Waals surface area (Å²) in [6, 6.07) is 5.64. The van der Waals surface area contributed by atoms with Gasteiger partial charge in [-0.2, -0.15) is 4.98 Å². The van der Waals surface area contributed by atoms with Gasteiger partial charge >= 0.3 is 0 Å². The number of rotatable bonds is 4. The van der Waals surface area contributed by atoms with E-state index in [0.29, 0.717) is 42.2 Å². The standard InChI is InChI=1S/C24H27FN4O2/c1-23(2)11-19(30)16-7-6-15(10-20(16)31-23)17-12-26-21-18(17)13-27-22(29-21)28-14-24(25)8-4-3-5-9-24/h6-7,10,12-13H,3-5,8-9,11,14H2,1-2H3,(H2,26,27,28,29). The van der Waals surface area contributed by atoms with Crippen LogP contribution in [0.3, 0.4) is 0 Å². The number of ether oxygens (including phenoxy) is 1. The lowest BCUT2D eigenvalue weighted by molar-refractivity contribution is 0.0620. The first-order valence-corrected chi connectivity index (χ1v) is 11.0. The number of hydrogen-bond acceptors (Lipinski definition) is 5. The highest BCUT2D eigenvalue weighted by Crippen LogP contribution is 2.38. The van der Waals surface area contributed by atoms with Gasteiger partial charge in [0.1, 0.15) is 22.7 Å². The van der Waals surface area contributed by atoms with E-state index in [1.807, 2.05) is 38.2 Å².